The van der Waals surface area contributed by atoms with Crippen LogP contribution in [0.4, 0.5) is 5.69 Å². The number of benzene rings is 2. The SMILES string of the molecule is CN1CCN(c2ccc(C3(C)CC3C(=O)N/N=C/c3cccc4cnccc34)cc2)CC1. The summed E-state index contributed by atoms with van der Waals surface area (Å²) in [7, 11) is 2.17. The van der Waals surface area contributed by atoms with Gasteiger partial charge < -0.3 is 9.80 Å². The molecule has 1 aromatic heterocycles. The fourth-order valence-corrected chi connectivity index (χ4v) is 4.69. The average Bonchev–Trinajstić information content (AvgIpc) is 3.53. The van der Waals surface area contributed by atoms with Crippen molar-refractivity contribution in [3.05, 3.63) is 72.1 Å². The molecule has 6 nitrogen and oxygen atoms in total. The number of hydrogen-bond donors (Lipinski definition) is 1. The summed E-state index contributed by atoms with van der Waals surface area (Å²) in [6.07, 6.45) is 6.16. The molecular formula is C26H29N5O. The Kier molecular flexibility index (Phi) is 5.39. The number of likely N-dealkylation sites (N-methyl/N-ethyl adjacent to an activating group) is 1. The fraction of sp³-hybridized carbons (Fsp3) is 0.346. The molecule has 5 rings (SSSR count). The van der Waals surface area contributed by atoms with Crippen LogP contribution in [0.5, 0.6) is 0 Å². The van der Waals surface area contributed by atoms with Gasteiger partial charge in [0, 0.05) is 60.6 Å². The predicted octanol–water partition coefficient (Wildman–Crippen LogP) is 3.41. The summed E-state index contributed by atoms with van der Waals surface area (Å²) >= 11 is 0. The van der Waals surface area contributed by atoms with Gasteiger partial charge in [0.15, 0.2) is 0 Å². The summed E-state index contributed by atoms with van der Waals surface area (Å²) in [5.74, 6) is -0.0698. The first-order chi connectivity index (χ1) is 15.5. The van der Waals surface area contributed by atoms with Crippen molar-refractivity contribution in [1.82, 2.24) is 15.3 Å². The van der Waals surface area contributed by atoms with E-state index in [1.807, 2.05) is 30.5 Å². The van der Waals surface area contributed by atoms with Crippen molar-refractivity contribution in [2.45, 2.75) is 18.8 Å². The first kappa shape index (κ1) is 20.6. The minimum Gasteiger partial charge on any atom is -0.369 e. The quantitative estimate of drug-likeness (QED) is 0.501. The van der Waals surface area contributed by atoms with E-state index in [9.17, 15) is 4.79 Å². The molecular weight excluding hydrogens is 398 g/mol. The van der Waals surface area contributed by atoms with Crippen molar-refractivity contribution < 1.29 is 4.79 Å². The minimum absolute atomic E-state index is 0.0196. The zero-order valence-electron chi connectivity index (χ0n) is 18.7. The van der Waals surface area contributed by atoms with Crippen molar-refractivity contribution >= 4 is 28.6 Å². The lowest BCUT2D eigenvalue weighted by molar-refractivity contribution is -0.122. The van der Waals surface area contributed by atoms with Gasteiger partial charge in [-0.2, -0.15) is 5.10 Å². The van der Waals surface area contributed by atoms with Gasteiger partial charge in [0.05, 0.1) is 12.1 Å². The van der Waals surface area contributed by atoms with Crippen LogP contribution in [0.3, 0.4) is 0 Å². The van der Waals surface area contributed by atoms with Gasteiger partial charge in [-0.05, 0) is 42.6 Å². The standard InChI is InChI=1S/C26H29N5O/c1-26(21-6-8-22(9-7-21)31-14-12-30(2)13-15-31)16-24(26)25(32)29-28-18-20-5-3-4-19-17-27-11-10-23(19)20/h3-11,17-18,24H,12-16H2,1-2H3,(H,29,32)/b28-18+. The Morgan fingerprint density at radius 3 is 2.69 bits per heavy atom. The fourth-order valence-electron chi connectivity index (χ4n) is 4.69. The molecule has 2 aromatic carbocycles. The van der Waals surface area contributed by atoms with Crippen LogP contribution in [0, 0.1) is 5.92 Å². The maximum Gasteiger partial charge on any atom is 0.244 e. The lowest BCUT2D eigenvalue weighted by Gasteiger charge is -2.34. The van der Waals surface area contributed by atoms with Crippen LogP contribution in [0.2, 0.25) is 0 Å². The van der Waals surface area contributed by atoms with Crippen LogP contribution in [-0.2, 0) is 10.2 Å². The minimum atomic E-state index is -0.120. The Morgan fingerprint density at radius 1 is 1.12 bits per heavy atom. The molecule has 0 radical (unpaired) electrons. The second kappa shape index (κ2) is 8.36. The van der Waals surface area contributed by atoms with Gasteiger partial charge in [0.1, 0.15) is 0 Å². The maximum absolute atomic E-state index is 12.7. The summed E-state index contributed by atoms with van der Waals surface area (Å²) in [4.78, 5) is 21.7. The zero-order valence-corrected chi connectivity index (χ0v) is 18.7. The van der Waals surface area contributed by atoms with E-state index in [1.54, 1.807) is 12.4 Å². The van der Waals surface area contributed by atoms with Gasteiger partial charge in [-0.1, -0.05) is 37.3 Å². The van der Waals surface area contributed by atoms with E-state index < -0.39 is 0 Å². The maximum atomic E-state index is 12.7. The van der Waals surface area contributed by atoms with Crippen molar-refractivity contribution in [2.24, 2.45) is 11.0 Å². The van der Waals surface area contributed by atoms with Crippen LogP contribution in [0.1, 0.15) is 24.5 Å². The Balaban J connectivity index is 1.21. The molecule has 0 spiro atoms. The number of carbonyl (C=O) groups excluding carboxylic acids is 1. The van der Waals surface area contributed by atoms with Crippen LogP contribution >= 0.6 is 0 Å². The van der Waals surface area contributed by atoms with Gasteiger partial charge in [-0.3, -0.25) is 9.78 Å². The summed E-state index contributed by atoms with van der Waals surface area (Å²) in [5, 5.41) is 6.36. The smallest absolute Gasteiger partial charge is 0.244 e. The third-order valence-electron chi connectivity index (χ3n) is 7.04. The summed E-state index contributed by atoms with van der Waals surface area (Å²) < 4.78 is 0. The molecule has 2 atom stereocenters. The van der Waals surface area contributed by atoms with E-state index in [2.05, 4.69) is 63.5 Å². The number of nitrogens with one attached hydrogen (secondary N) is 1. The highest BCUT2D eigenvalue weighted by Crippen LogP contribution is 2.54. The summed E-state index contributed by atoms with van der Waals surface area (Å²) in [6, 6.07) is 16.7. The first-order valence-electron chi connectivity index (χ1n) is 11.2. The van der Waals surface area contributed by atoms with Crippen molar-refractivity contribution in [2.75, 3.05) is 38.1 Å². The number of nitrogens with zero attached hydrogens (tertiary/aromatic N) is 4. The molecule has 0 bridgehead atoms. The van der Waals surface area contributed by atoms with Gasteiger partial charge >= 0.3 is 0 Å². The zero-order chi connectivity index (χ0) is 22.1. The highest BCUT2D eigenvalue weighted by molar-refractivity contribution is 5.99. The normalized spacial score (nSPS) is 23.6. The second-order valence-corrected chi connectivity index (χ2v) is 9.19. The molecule has 2 heterocycles. The molecule has 1 aliphatic carbocycles. The Morgan fingerprint density at radius 2 is 1.91 bits per heavy atom. The van der Waals surface area contributed by atoms with Crippen LogP contribution in [0.15, 0.2) is 66.0 Å². The topological polar surface area (TPSA) is 60.8 Å². The lowest BCUT2D eigenvalue weighted by atomic mass is 9.95. The van der Waals surface area contributed by atoms with E-state index in [4.69, 9.17) is 0 Å². The van der Waals surface area contributed by atoms with E-state index in [1.165, 1.54) is 11.3 Å². The van der Waals surface area contributed by atoms with Crippen LogP contribution in [0.25, 0.3) is 10.8 Å². The molecule has 2 aliphatic rings. The molecule has 1 saturated carbocycles. The van der Waals surface area contributed by atoms with Gasteiger partial charge in [-0.25, -0.2) is 5.43 Å². The number of fused-ring (bicyclic) bond motifs is 1. The van der Waals surface area contributed by atoms with Crippen molar-refractivity contribution in [3.8, 4) is 0 Å². The number of pyridine rings is 1. The number of hydrogen-bond acceptors (Lipinski definition) is 5. The molecule has 1 aliphatic heterocycles. The highest BCUT2D eigenvalue weighted by atomic mass is 16.2. The Hall–Kier alpha value is -3.25. The summed E-state index contributed by atoms with van der Waals surface area (Å²) in [5.41, 5.74) is 6.08. The third-order valence-corrected chi connectivity index (χ3v) is 7.04. The largest absolute Gasteiger partial charge is 0.369 e. The van der Waals surface area contributed by atoms with E-state index >= 15 is 0 Å². The monoisotopic (exact) mass is 427 g/mol. The molecule has 2 unspecified atom stereocenters. The molecule has 6 heteroatoms. The molecule has 1 saturated heterocycles. The Labute approximate surface area is 188 Å². The number of aromatic nitrogens is 1. The molecule has 1 N–H and O–H groups in total. The van der Waals surface area contributed by atoms with E-state index in [0.29, 0.717) is 0 Å². The molecule has 3 aromatic rings. The number of rotatable bonds is 5. The number of piperazine rings is 1. The third kappa shape index (κ3) is 3.98. The van der Waals surface area contributed by atoms with Gasteiger partial charge in [0.2, 0.25) is 5.91 Å². The van der Waals surface area contributed by atoms with E-state index in [-0.39, 0.29) is 17.2 Å². The van der Waals surface area contributed by atoms with Crippen molar-refractivity contribution in [3.63, 3.8) is 0 Å². The molecule has 164 valence electrons. The Bertz CT molecular complexity index is 1150. The van der Waals surface area contributed by atoms with Crippen LogP contribution < -0.4 is 10.3 Å². The van der Waals surface area contributed by atoms with Crippen molar-refractivity contribution in [1.29, 1.82) is 0 Å². The van der Waals surface area contributed by atoms with Gasteiger partial charge in [0.25, 0.3) is 0 Å². The number of amides is 1. The second-order valence-electron chi connectivity index (χ2n) is 9.19. The molecule has 2 fully saturated rings. The average molecular weight is 428 g/mol. The lowest BCUT2D eigenvalue weighted by Crippen LogP contribution is -2.44. The highest BCUT2D eigenvalue weighted by Gasteiger charge is 2.55. The number of carbonyl (C=O) groups is 1. The number of anilines is 1. The number of hydrazone groups is 1. The van der Waals surface area contributed by atoms with Gasteiger partial charge in [-0.15, -0.1) is 0 Å². The predicted molar refractivity (Wildman–Crippen MR) is 129 cm³/mol. The summed E-state index contributed by atoms with van der Waals surface area (Å²) in [6.45, 7) is 6.48. The molecule has 32 heavy (non-hydrogen) atoms. The molecule has 1 amide bonds. The first-order valence-corrected chi connectivity index (χ1v) is 11.2. The van der Waals surface area contributed by atoms with Crippen LogP contribution in [-0.4, -0.2) is 55.2 Å². The van der Waals surface area contributed by atoms with E-state index in [0.717, 1.165) is 48.9 Å².